The van der Waals surface area contributed by atoms with Crippen LogP contribution in [-0.2, 0) is 19.6 Å². The fraction of sp³-hybridized carbons (Fsp3) is 0.333. The number of carbonyl (C=O) groups is 1. The summed E-state index contributed by atoms with van der Waals surface area (Å²) in [6.45, 7) is 5.66. The Labute approximate surface area is 249 Å². The van der Waals surface area contributed by atoms with E-state index >= 15 is 0 Å². The average molecular weight is 603 g/mol. The third-order valence-electron chi connectivity index (χ3n) is 6.51. The summed E-state index contributed by atoms with van der Waals surface area (Å²) in [4.78, 5) is 17.9. The third kappa shape index (κ3) is 7.30. The SMILES string of the molecule is CCCCNC(=O)c1cc(-c2csc(COc3cc(Cl)cc(Cl)c3)n2)n(CCc2ccc(OC)c(OC)c2)c1C. The molecule has 10 heteroatoms. The molecule has 2 aromatic heterocycles. The van der Waals surface area contributed by atoms with Crippen LogP contribution < -0.4 is 19.5 Å². The minimum atomic E-state index is -0.0753. The molecule has 4 aromatic rings. The summed E-state index contributed by atoms with van der Waals surface area (Å²) in [7, 11) is 3.25. The molecule has 2 aromatic carbocycles. The van der Waals surface area contributed by atoms with Gasteiger partial charge in [-0.2, -0.15) is 0 Å². The normalized spacial score (nSPS) is 10.9. The van der Waals surface area contributed by atoms with Crippen molar-refractivity contribution >= 4 is 40.4 Å². The Bertz CT molecular complexity index is 1450. The molecule has 0 saturated carbocycles. The van der Waals surface area contributed by atoms with Crippen molar-refractivity contribution in [3.8, 4) is 28.6 Å². The van der Waals surface area contributed by atoms with Crippen LogP contribution in [0.1, 0.15) is 46.4 Å². The molecule has 0 bridgehead atoms. The first kappa shape index (κ1) is 29.8. The lowest BCUT2D eigenvalue weighted by Crippen LogP contribution is -2.24. The summed E-state index contributed by atoms with van der Waals surface area (Å²) in [6, 6.07) is 12.9. The number of hydrogen-bond acceptors (Lipinski definition) is 6. The van der Waals surface area contributed by atoms with Gasteiger partial charge in [-0.1, -0.05) is 42.6 Å². The highest BCUT2D eigenvalue weighted by atomic mass is 35.5. The van der Waals surface area contributed by atoms with Gasteiger partial charge in [-0.05, 0) is 61.7 Å². The number of amides is 1. The van der Waals surface area contributed by atoms with E-state index in [0.717, 1.165) is 46.9 Å². The molecule has 0 unspecified atom stereocenters. The lowest BCUT2D eigenvalue weighted by molar-refractivity contribution is 0.0952. The predicted molar refractivity (Wildman–Crippen MR) is 162 cm³/mol. The fourth-order valence-electron chi connectivity index (χ4n) is 4.38. The highest BCUT2D eigenvalue weighted by Crippen LogP contribution is 2.31. The molecule has 0 fully saturated rings. The molecule has 0 aliphatic carbocycles. The van der Waals surface area contributed by atoms with Crippen molar-refractivity contribution in [2.75, 3.05) is 20.8 Å². The van der Waals surface area contributed by atoms with Gasteiger partial charge < -0.3 is 24.1 Å². The van der Waals surface area contributed by atoms with Gasteiger partial charge in [0.15, 0.2) is 11.5 Å². The number of rotatable bonds is 13. The number of unbranched alkanes of at least 4 members (excludes halogenated alkanes) is 1. The van der Waals surface area contributed by atoms with Crippen LogP contribution in [0.4, 0.5) is 0 Å². The zero-order chi connectivity index (χ0) is 28.6. The quantitative estimate of drug-likeness (QED) is 0.160. The molecule has 0 saturated heterocycles. The van der Waals surface area contributed by atoms with Gasteiger partial charge in [-0.3, -0.25) is 4.79 Å². The number of halogens is 2. The van der Waals surface area contributed by atoms with Crippen molar-refractivity contribution in [2.45, 2.75) is 46.3 Å². The van der Waals surface area contributed by atoms with Gasteiger partial charge in [-0.25, -0.2) is 4.98 Å². The van der Waals surface area contributed by atoms with Crippen LogP contribution in [-0.4, -0.2) is 36.2 Å². The van der Waals surface area contributed by atoms with Crippen LogP contribution in [0.3, 0.4) is 0 Å². The topological polar surface area (TPSA) is 74.6 Å². The first-order valence-corrected chi connectivity index (χ1v) is 14.7. The third-order valence-corrected chi connectivity index (χ3v) is 7.77. The van der Waals surface area contributed by atoms with Crippen molar-refractivity contribution in [3.05, 3.63) is 79.7 Å². The fourth-order valence-corrected chi connectivity index (χ4v) is 5.58. The maximum atomic E-state index is 13.1. The summed E-state index contributed by atoms with van der Waals surface area (Å²) < 4.78 is 18.9. The molecule has 40 heavy (non-hydrogen) atoms. The van der Waals surface area contributed by atoms with E-state index in [4.69, 9.17) is 42.4 Å². The maximum Gasteiger partial charge on any atom is 0.253 e. The number of carbonyl (C=O) groups excluding carboxylic acids is 1. The molecular weight excluding hydrogens is 569 g/mol. The molecule has 1 amide bonds. The maximum absolute atomic E-state index is 13.1. The number of benzene rings is 2. The first-order valence-electron chi connectivity index (χ1n) is 13.1. The molecule has 7 nitrogen and oxygen atoms in total. The number of nitrogens with zero attached hydrogens (tertiary/aromatic N) is 2. The summed E-state index contributed by atoms with van der Waals surface area (Å²) >= 11 is 13.7. The van der Waals surface area contributed by atoms with Gasteiger partial charge >= 0.3 is 0 Å². The van der Waals surface area contributed by atoms with Crippen LogP contribution in [0.15, 0.2) is 47.8 Å². The molecule has 4 rings (SSSR count). The lowest BCUT2D eigenvalue weighted by atomic mass is 10.1. The van der Waals surface area contributed by atoms with E-state index in [-0.39, 0.29) is 12.5 Å². The van der Waals surface area contributed by atoms with Gasteiger partial charge in [0.1, 0.15) is 17.4 Å². The number of nitrogens with one attached hydrogen (secondary N) is 1. The van der Waals surface area contributed by atoms with Gasteiger partial charge in [0.25, 0.3) is 5.91 Å². The summed E-state index contributed by atoms with van der Waals surface area (Å²) in [6.07, 6.45) is 2.68. The molecule has 212 valence electrons. The van der Waals surface area contributed by atoms with Crippen LogP contribution in [0.2, 0.25) is 10.0 Å². The predicted octanol–water partition coefficient (Wildman–Crippen LogP) is 7.60. The van der Waals surface area contributed by atoms with Crippen molar-refractivity contribution < 1.29 is 19.0 Å². The van der Waals surface area contributed by atoms with E-state index in [9.17, 15) is 4.79 Å². The monoisotopic (exact) mass is 601 g/mol. The van der Waals surface area contributed by atoms with Crippen LogP contribution in [0, 0.1) is 6.92 Å². The second-order valence-corrected chi connectivity index (χ2v) is 11.1. The van der Waals surface area contributed by atoms with E-state index in [2.05, 4.69) is 16.8 Å². The number of aryl methyl sites for hydroxylation is 1. The number of aromatic nitrogens is 2. The van der Waals surface area contributed by atoms with Crippen molar-refractivity contribution in [2.24, 2.45) is 0 Å². The Balaban J connectivity index is 1.59. The number of methoxy groups -OCH3 is 2. The minimum Gasteiger partial charge on any atom is -0.493 e. The van der Waals surface area contributed by atoms with E-state index in [1.807, 2.05) is 36.6 Å². The van der Waals surface area contributed by atoms with Gasteiger partial charge in [-0.15, -0.1) is 11.3 Å². The Morgan fingerprint density at radius 3 is 2.50 bits per heavy atom. The largest absolute Gasteiger partial charge is 0.493 e. The number of thiazole rings is 1. The van der Waals surface area contributed by atoms with Crippen LogP contribution >= 0.6 is 34.5 Å². The highest BCUT2D eigenvalue weighted by Gasteiger charge is 2.20. The molecule has 2 heterocycles. The minimum absolute atomic E-state index is 0.0753. The van der Waals surface area contributed by atoms with Crippen molar-refractivity contribution in [1.29, 1.82) is 0 Å². The van der Waals surface area contributed by atoms with Crippen LogP contribution in [0.5, 0.6) is 17.2 Å². The van der Waals surface area contributed by atoms with E-state index in [1.165, 1.54) is 11.3 Å². The molecule has 0 aliphatic heterocycles. The van der Waals surface area contributed by atoms with E-state index in [0.29, 0.717) is 45.9 Å². The first-order chi connectivity index (χ1) is 19.3. The van der Waals surface area contributed by atoms with Gasteiger partial charge in [0, 0.05) is 34.2 Å². The Hall–Kier alpha value is -3.20. The molecule has 0 atom stereocenters. The van der Waals surface area contributed by atoms with Gasteiger partial charge in [0.2, 0.25) is 0 Å². The standard InChI is InChI=1S/C30H33Cl2N3O4S/c1-5-6-10-33-30(36)24-16-26(25-18-40-29(34-25)17-39-23-14-21(31)13-22(32)15-23)35(19(24)2)11-9-20-7-8-27(37-3)28(12-20)38-4/h7-8,12-16,18H,5-6,9-11,17H2,1-4H3,(H,33,36). The Morgan fingerprint density at radius 2 is 1.80 bits per heavy atom. The zero-order valence-electron chi connectivity index (χ0n) is 23.1. The van der Waals surface area contributed by atoms with Crippen LogP contribution in [0.25, 0.3) is 11.4 Å². The molecular formula is C30H33Cl2N3O4S. The zero-order valence-corrected chi connectivity index (χ0v) is 25.4. The second kappa shape index (κ2) is 13.9. The summed E-state index contributed by atoms with van der Waals surface area (Å²) in [5.41, 5.74) is 4.31. The Morgan fingerprint density at radius 1 is 1.05 bits per heavy atom. The second-order valence-electron chi connectivity index (χ2n) is 9.25. The molecule has 0 radical (unpaired) electrons. The summed E-state index contributed by atoms with van der Waals surface area (Å²) in [5.74, 6) is 1.88. The lowest BCUT2D eigenvalue weighted by Gasteiger charge is -2.13. The molecule has 0 aliphatic rings. The smallest absolute Gasteiger partial charge is 0.253 e. The van der Waals surface area contributed by atoms with Crippen molar-refractivity contribution in [3.63, 3.8) is 0 Å². The highest BCUT2D eigenvalue weighted by molar-refractivity contribution is 7.09. The number of hydrogen-bond donors (Lipinski definition) is 1. The van der Waals surface area contributed by atoms with E-state index in [1.54, 1.807) is 32.4 Å². The Kier molecular flexibility index (Phi) is 10.4. The molecule has 1 N–H and O–H groups in total. The number of ether oxygens (including phenoxy) is 3. The van der Waals surface area contributed by atoms with Crippen molar-refractivity contribution in [1.82, 2.24) is 14.9 Å². The van der Waals surface area contributed by atoms with Gasteiger partial charge in [0.05, 0.1) is 31.2 Å². The summed E-state index contributed by atoms with van der Waals surface area (Å²) in [5, 5.41) is 6.85. The average Bonchev–Trinajstić information content (AvgIpc) is 3.54. The molecule has 0 spiro atoms. The van der Waals surface area contributed by atoms with E-state index < -0.39 is 0 Å².